The molecule has 0 unspecified atom stereocenters. The van der Waals surface area contributed by atoms with Gasteiger partial charge in [0, 0.05) is 0 Å². The third kappa shape index (κ3) is 13.0. The fraction of sp³-hybridized carbons (Fsp3) is 0.714. The van der Waals surface area contributed by atoms with Crippen LogP contribution in [0.3, 0.4) is 0 Å². The molecule has 1 aromatic rings. The van der Waals surface area contributed by atoms with Crippen molar-refractivity contribution in [3.05, 3.63) is 29.8 Å². The summed E-state index contributed by atoms with van der Waals surface area (Å²) in [6.45, 7) is 2.26. The first-order valence-corrected chi connectivity index (χ1v) is 11.5. The number of hydrogen-bond donors (Lipinski definition) is 1. The molecule has 0 bridgehead atoms. The van der Waals surface area contributed by atoms with Gasteiger partial charge in [0.05, 0.1) is 4.90 Å². The monoisotopic (exact) mass is 408 g/mol. The summed E-state index contributed by atoms with van der Waals surface area (Å²) in [5.74, 6) is 0. The molecule has 5 heteroatoms. The molecule has 1 rings (SSSR count). The van der Waals surface area contributed by atoms with Crippen LogP contribution in [-0.4, -0.2) is 13.0 Å². The van der Waals surface area contributed by atoms with Crippen molar-refractivity contribution < 1.29 is 65.8 Å². The molecule has 0 radical (unpaired) electrons. The topological polar surface area (TPSA) is 54.4 Å². The molecule has 26 heavy (non-hydrogen) atoms. The molecule has 0 heterocycles. The number of hydrogen-bond acceptors (Lipinski definition) is 2. The zero-order valence-electron chi connectivity index (χ0n) is 17.9. The van der Waals surface area contributed by atoms with Crippen LogP contribution in [0.4, 0.5) is 0 Å². The first-order chi connectivity index (χ1) is 12.1. The molecule has 0 aliphatic carbocycles. The van der Waals surface area contributed by atoms with Gasteiger partial charge in [-0.05, 0) is 24.5 Å². The van der Waals surface area contributed by atoms with Gasteiger partial charge in [0.2, 0.25) is 0 Å². The van der Waals surface area contributed by atoms with E-state index < -0.39 is 10.1 Å². The minimum absolute atomic E-state index is 0. The molecule has 0 aromatic heterocycles. The Bertz CT molecular complexity index is 564. The Morgan fingerprint density at radius 2 is 1.19 bits per heavy atom. The van der Waals surface area contributed by atoms with Crippen molar-refractivity contribution in [2.75, 3.05) is 0 Å². The maximum Gasteiger partial charge on any atom is 1.00 e. The second-order valence-electron chi connectivity index (χ2n) is 7.08. The third-order valence-electron chi connectivity index (χ3n) is 4.80. The number of rotatable bonds is 15. The normalized spacial score (nSPS) is 11.3. The van der Waals surface area contributed by atoms with E-state index in [0.29, 0.717) is 6.42 Å². The van der Waals surface area contributed by atoms with E-state index >= 15 is 0 Å². The van der Waals surface area contributed by atoms with Gasteiger partial charge in [-0.25, -0.2) is 0 Å². The zero-order valence-corrected chi connectivity index (χ0v) is 20.8. The average molecular weight is 409 g/mol. The van der Waals surface area contributed by atoms with E-state index in [2.05, 4.69) is 6.92 Å². The smallest absolute Gasteiger partial charge is 1.00 e. The maximum atomic E-state index is 11.3. The van der Waals surface area contributed by atoms with Gasteiger partial charge in [0.1, 0.15) is 0 Å². The molecule has 0 aliphatic rings. The van der Waals surface area contributed by atoms with Crippen LogP contribution in [0.25, 0.3) is 0 Å². The third-order valence-corrected chi connectivity index (χ3v) is 5.75. The summed E-state index contributed by atoms with van der Waals surface area (Å²) >= 11 is 0. The standard InChI is InChI=1S/C21H36O3S.K.H/c1-2-3-4-5-6-7-8-9-10-11-12-13-14-17-20-18-15-16-19-21(20)25(22,23)24;;/h15-16,18-19H,2-14,17H2,1H3,(H,22,23,24);;/q;+1;-1. The van der Waals surface area contributed by atoms with Crippen molar-refractivity contribution in [1.29, 1.82) is 0 Å². The second kappa shape index (κ2) is 16.7. The number of benzene rings is 1. The minimum atomic E-state index is -4.10. The summed E-state index contributed by atoms with van der Waals surface area (Å²) in [5, 5.41) is 0. The van der Waals surface area contributed by atoms with Gasteiger partial charge >= 0.3 is 51.4 Å². The molecule has 0 saturated heterocycles. The molecule has 3 nitrogen and oxygen atoms in total. The van der Waals surface area contributed by atoms with Gasteiger partial charge in [0.15, 0.2) is 0 Å². The van der Waals surface area contributed by atoms with E-state index in [1.165, 1.54) is 76.7 Å². The molecular formula is C21H37KO3S. The Morgan fingerprint density at radius 1 is 0.769 bits per heavy atom. The number of aryl methyl sites for hydroxylation is 1. The Hall–Kier alpha value is 0.766. The Balaban J connectivity index is 0. The van der Waals surface area contributed by atoms with Gasteiger partial charge in [-0.1, -0.05) is 102 Å². The van der Waals surface area contributed by atoms with Gasteiger partial charge in [0.25, 0.3) is 10.1 Å². The molecule has 1 aromatic carbocycles. The van der Waals surface area contributed by atoms with Gasteiger partial charge in [-0.15, -0.1) is 0 Å². The van der Waals surface area contributed by atoms with E-state index in [1.807, 2.05) is 6.07 Å². The molecule has 1 N–H and O–H groups in total. The van der Waals surface area contributed by atoms with Crippen LogP contribution in [-0.2, 0) is 16.5 Å². The molecule has 146 valence electrons. The zero-order chi connectivity index (χ0) is 18.4. The quantitative estimate of drug-likeness (QED) is 0.274. The van der Waals surface area contributed by atoms with Crippen molar-refractivity contribution in [2.45, 2.75) is 102 Å². The largest absolute Gasteiger partial charge is 1.00 e. The van der Waals surface area contributed by atoms with Gasteiger partial charge in [-0.2, -0.15) is 8.42 Å². The van der Waals surface area contributed by atoms with Crippen molar-refractivity contribution in [3.63, 3.8) is 0 Å². The average Bonchev–Trinajstić information content (AvgIpc) is 2.58. The number of unbranched alkanes of at least 4 members (excludes halogenated alkanes) is 12. The fourth-order valence-electron chi connectivity index (χ4n) is 3.30. The van der Waals surface area contributed by atoms with E-state index in [-0.39, 0.29) is 57.7 Å². The first kappa shape index (κ1) is 26.8. The molecule has 0 fully saturated rings. The summed E-state index contributed by atoms with van der Waals surface area (Å²) in [5.41, 5.74) is 0.730. The van der Waals surface area contributed by atoms with Crippen LogP contribution in [0.15, 0.2) is 29.2 Å². The van der Waals surface area contributed by atoms with E-state index in [9.17, 15) is 13.0 Å². The summed E-state index contributed by atoms with van der Waals surface area (Å²) in [4.78, 5) is 0.0638. The Morgan fingerprint density at radius 3 is 1.65 bits per heavy atom. The molecule has 0 saturated carbocycles. The second-order valence-corrected chi connectivity index (χ2v) is 8.47. The molecular weight excluding hydrogens is 371 g/mol. The fourth-order valence-corrected chi connectivity index (χ4v) is 4.05. The summed E-state index contributed by atoms with van der Waals surface area (Å²) in [7, 11) is -4.10. The van der Waals surface area contributed by atoms with Crippen molar-refractivity contribution in [3.8, 4) is 0 Å². The summed E-state index contributed by atoms with van der Waals surface area (Å²) in [6, 6.07) is 6.75. The van der Waals surface area contributed by atoms with Crippen LogP contribution < -0.4 is 51.4 Å². The van der Waals surface area contributed by atoms with Crippen LogP contribution in [0.2, 0.25) is 0 Å². The van der Waals surface area contributed by atoms with E-state index in [1.54, 1.807) is 12.1 Å². The van der Waals surface area contributed by atoms with Gasteiger partial charge < -0.3 is 1.43 Å². The van der Waals surface area contributed by atoms with Crippen LogP contribution in [0.5, 0.6) is 0 Å². The van der Waals surface area contributed by atoms with Crippen molar-refractivity contribution >= 4 is 10.1 Å². The van der Waals surface area contributed by atoms with E-state index in [4.69, 9.17) is 0 Å². The predicted octanol–water partition coefficient (Wildman–Crippen LogP) is 3.68. The van der Waals surface area contributed by atoms with E-state index in [0.717, 1.165) is 18.4 Å². The molecule has 0 amide bonds. The predicted molar refractivity (Wildman–Crippen MR) is 107 cm³/mol. The van der Waals surface area contributed by atoms with Crippen LogP contribution in [0.1, 0.15) is 97.4 Å². The maximum absolute atomic E-state index is 11.3. The van der Waals surface area contributed by atoms with Crippen molar-refractivity contribution in [1.82, 2.24) is 0 Å². The van der Waals surface area contributed by atoms with Gasteiger partial charge in [-0.3, -0.25) is 4.55 Å². The molecule has 0 spiro atoms. The summed E-state index contributed by atoms with van der Waals surface area (Å²) < 4.78 is 31.9. The van der Waals surface area contributed by atoms with Crippen LogP contribution >= 0.6 is 0 Å². The Kier molecular flexibility index (Phi) is 17.2. The molecule has 0 aliphatic heterocycles. The first-order valence-electron chi connectivity index (χ1n) is 10.1. The minimum Gasteiger partial charge on any atom is -1.00 e. The molecule has 0 atom stereocenters. The Labute approximate surface area is 205 Å². The van der Waals surface area contributed by atoms with Crippen molar-refractivity contribution in [2.24, 2.45) is 0 Å². The SMILES string of the molecule is CCCCCCCCCCCCCCCc1ccccc1S(=O)(=O)O.[H-].[K+]. The summed E-state index contributed by atoms with van der Waals surface area (Å²) in [6.07, 6.45) is 17.6. The van der Waals surface area contributed by atoms with Crippen LogP contribution in [0, 0.1) is 0 Å².